The van der Waals surface area contributed by atoms with Gasteiger partial charge in [0.15, 0.2) is 0 Å². The second-order valence-corrected chi connectivity index (χ2v) is 10.0. The lowest BCUT2D eigenvalue weighted by Gasteiger charge is -2.39. The maximum atomic E-state index is 12.9. The van der Waals surface area contributed by atoms with Crippen LogP contribution in [0.3, 0.4) is 0 Å². The van der Waals surface area contributed by atoms with E-state index in [0.717, 1.165) is 36.5 Å². The van der Waals surface area contributed by atoms with Crippen LogP contribution >= 0.6 is 11.3 Å². The predicted octanol–water partition coefficient (Wildman–Crippen LogP) is 3.17. The van der Waals surface area contributed by atoms with Gasteiger partial charge in [0.2, 0.25) is 11.8 Å². The highest BCUT2D eigenvalue weighted by molar-refractivity contribution is 7.08. The number of nitrogens with zero attached hydrogens (tertiary/aromatic N) is 3. The smallest absolute Gasteiger partial charge is 0.255 e. The van der Waals surface area contributed by atoms with Crippen LogP contribution in [0.5, 0.6) is 0 Å². The minimum atomic E-state index is -0.600. The van der Waals surface area contributed by atoms with E-state index in [1.54, 1.807) is 16.2 Å². The van der Waals surface area contributed by atoms with Crippen molar-refractivity contribution in [2.75, 3.05) is 13.1 Å². The Morgan fingerprint density at radius 1 is 1.09 bits per heavy atom. The van der Waals surface area contributed by atoms with Gasteiger partial charge in [-0.25, -0.2) is 0 Å². The van der Waals surface area contributed by atoms with Gasteiger partial charge in [0.05, 0.1) is 5.69 Å². The Kier molecular flexibility index (Phi) is 5.27. The summed E-state index contributed by atoms with van der Waals surface area (Å²) in [6, 6.07) is 11.5. The van der Waals surface area contributed by atoms with Crippen LogP contribution in [0.15, 0.2) is 53.4 Å². The molecule has 0 spiro atoms. The number of carbonyl (C=O) groups excluding carboxylic acids is 3. The Hall–Kier alpha value is -3.36. The lowest BCUT2D eigenvalue weighted by atomic mass is 9.93. The Morgan fingerprint density at radius 2 is 1.97 bits per heavy atom. The molecule has 3 aliphatic heterocycles. The zero-order valence-corrected chi connectivity index (χ0v) is 19.4. The molecule has 3 aromatic rings. The van der Waals surface area contributed by atoms with Crippen molar-refractivity contribution in [3.05, 3.63) is 75.6 Å². The van der Waals surface area contributed by atoms with Crippen LogP contribution in [0.2, 0.25) is 0 Å². The van der Waals surface area contributed by atoms with E-state index in [0.29, 0.717) is 24.4 Å². The second-order valence-electron chi connectivity index (χ2n) is 9.27. The topological polar surface area (TPSA) is 82.6 Å². The SMILES string of the molecule is O=C1CCC(N2Cc3cc(-c4cc(CN5CC(c6ccsc6)C5)ccn4)ccc3C2=O)C(=O)N1. The number of pyridine rings is 1. The van der Waals surface area contributed by atoms with Gasteiger partial charge in [0.1, 0.15) is 6.04 Å². The highest BCUT2D eigenvalue weighted by Gasteiger charge is 2.39. The van der Waals surface area contributed by atoms with E-state index in [1.165, 1.54) is 11.1 Å². The average Bonchev–Trinajstić information content (AvgIpc) is 3.44. The van der Waals surface area contributed by atoms with Crippen molar-refractivity contribution in [3.8, 4) is 11.3 Å². The summed E-state index contributed by atoms with van der Waals surface area (Å²) in [5.74, 6) is -0.192. The molecular formula is C26H24N4O3S. The molecule has 8 heteroatoms. The van der Waals surface area contributed by atoms with Gasteiger partial charge in [0, 0.05) is 55.8 Å². The number of nitrogens with one attached hydrogen (secondary N) is 1. The van der Waals surface area contributed by atoms with Crippen molar-refractivity contribution >= 4 is 29.1 Å². The number of piperidine rings is 1. The van der Waals surface area contributed by atoms with E-state index < -0.39 is 6.04 Å². The number of amides is 3. The summed E-state index contributed by atoms with van der Waals surface area (Å²) in [5.41, 5.74) is 6.00. The molecule has 1 unspecified atom stereocenters. The lowest BCUT2D eigenvalue weighted by molar-refractivity contribution is -0.136. The number of hydrogen-bond acceptors (Lipinski definition) is 6. The number of likely N-dealkylation sites (tertiary alicyclic amines) is 1. The van der Waals surface area contributed by atoms with Crippen molar-refractivity contribution < 1.29 is 14.4 Å². The molecule has 0 saturated carbocycles. The number of carbonyl (C=O) groups is 3. The molecule has 0 bridgehead atoms. The first kappa shape index (κ1) is 21.2. The maximum absolute atomic E-state index is 12.9. The zero-order chi connectivity index (χ0) is 23.2. The van der Waals surface area contributed by atoms with E-state index >= 15 is 0 Å². The summed E-state index contributed by atoms with van der Waals surface area (Å²) in [5, 5.41) is 6.73. The first-order chi connectivity index (χ1) is 16.5. The molecule has 2 aromatic heterocycles. The van der Waals surface area contributed by atoms with Gasteiger partial charge in [-0.2, -0.15) is 11.3 Å². The second kappa shape index (κ2) is 8.45. The summed E-state index contributed by atoms with van der Waals surface area (Å²) in [7, 11) is 0. The van der Waals surface area contributed by atoms with Crippen molar-refractivity contribution in [2.24, 2.45) is 0 Å². The van der Waals surface area contributed by atoms with Crippen molar-refractivity contribution in [1.82, 2.24) is 20.1 Å². The van der Waals surface area contributed by atoms with Gasteiger partial charge in [-0.05, 0) is 64.2 Å². The average molecular weight is 473 g/mol. The number of aromatic nitrogens is 1. The van der Waals surface area contributed by atoms with Gasteiger partial charge in [-0.1, -0.05) is 6.07 Å². The Labute approximate surface area is 201 Å². The summed E-state index contributed by atoms with van der Waals surface area (Å²) in [4.78, 5) is 45.3. The molecule has 3 aliphatic rings. The van der Waals surface area contributed by atoms with Gasteiger partial charge >= 0.3 is 0 Å². The number of imide groups is 1. The standard InChI is InChI=1S/C26H24N4O3S/c31-24-4-3-23(25(32)28-24)30-14-19-10-17(1-2-21(19)26(30)33)22-9-16(5-7-27-22)11-29-12-20(13-29)18-6-8-34-15-18/h1-2,5-10,15,20,23H,3-4,11-14H2,(H,28,31,32). The van der Waals surface area contributed by atoms with Crippen LogP contribution in [-0.2, 0) is 22.7 Å². The number of benzene rings is 1. The fourth-order valence-corrected chi connectivity index (χ4v) is 5.88. The molecule has 7 nitrogen and oxygen atoms in total. The van der Waals surface area contributed by atoms with E-state index in [1.807, 2.05) is 24.4 Å². The van der Waals surface area contributed by atoms with Crippen LogP contribution in [-0.4, -0.2) is 51.6 Å². The fourth-order valence-electron chi connectivity index (χ4n) is 5.14. The van der Waals surface area contributed by atoms with Crippen molar-refractivity contribution in [3.63, 3.8) is 0 Å². The minimum Gasteiger partial charge on any atom is -0.322 e. The predicted molar refractivity (Wildman–Crippen MR) is 128 cm³/mol. The van der Waals surface area contributed by atoms with Crippen molar-refractivity contribution in [1.29, 1.82) is 0 Å². The van der Waals surface area contributed by atoms with Gasteiger partial charge in [0.25, 0.3) is 5.91 Å². The molecule has 34 heavy (non-hydrogen) atoms. The number of hydrogen-bond donors (Lipinski definition) is 1. The lowest BCUT2D eigenvalue weighted by Crippen LogP contribution is -2.52. The Morgan fingerprint density at radius 3 is 2.76 bits per heavy atom. The Balaban J connectivity index is 1.16. The molecule has 0 aliphatic carbocycles. The van der Waals surface area contributed by atoms with E-state index in [4.69, 9.17) is 0 Å². The highest BCUT2D eigenvalue weighted by atomic mass is 32.1. The normalized spacial score (nSPS) is 20.9. The third kappa shape index (κ3) is 3.82. The summed E-state index contributed by atoms with van der Waals surface area (Å²) >= 11 is 1.75. The van der Waals surface area contributed by atoms with E-state index in [-0.39, 0.29) is 24.1 Å². The first-order valence-electron chi connectivity index (χ1n) is 11.5. The molecule has 1 aromatic carbocycles. The van der Waals surface area contributed by atoms with Crippen LogP contribution in [0, 0.1) is 0 Å². The minimum absolute atomic E-state index is 0.157. The molecule has 3 amide bonds. The molecule has 1 N–H and O–H groups in total. The third-order valence-electron chi connectivity index (χ3n) is 7.02. The third-order valence-corrected chi connectivity index (χ3v) is 7.72. The van der Waals surface area contributed by atoms with Gasteiger partial charge < -0.3 is 4.90 Å². The molecular weight excluding hydrogens is 448 g/mol. The molecule has 6 rings (SSSR count). The molecule has 1 atom stereocenters. The van der Waals surface area contributed by atoms with Gasteiger partial charge in [-0.3, -0.25) is 29.6 Å². The maximum Gasteiger partial charge on any atom is 0.255 e. The molecule has 172 valence electrons. The summed E-state index contributed by atoms with van der Waals surface area (Å²) in [6.07, 6.45) is 2.46. The number of rotatable bonds is 5. The van der Waals surface area contributed by atoms with Crippen molar-refractivity contribution in [2.45, 2.75) is 37.9 Å². The fraction of sp³-hybridized carbons (Fsp3) is 0.308. The molecule has 2 saturated heterocycles. The van der Waals surface area contributed by atoms with Crippen LogP contribution in [0.25, 0.3) is 11.3 Å². The largest absolute Gasteiger partial charge is 0.322 e. The van der Waals surface area contributed by atoms with Crippen LogP contribution < -0.4 is 5.32 Å². The molecule has 5 heterocycles. The van der Waals surface area contributed by atoms with E-state index in [2.05, 4.69) is 44.2 Å². The number of fused-ring (bicyclic) bond motifs is 1. The van der Waals surface area contributed by atoms with Crippen LogP contribution in [0.4, 0.5) is 0 Å². The summed E-state index contributed by atoms with van der Waals surface area (Å²) in [6.45, 7) is 3.41. The van der Waals surface area contributed by atoms with Gasteiger partial charge in [-0.15, -0.1) is 0 Å². The van der Waals surface area contributed by atoms with Crippen LogP contribution in [0.1, 0.15) is 45.8 Å². The Bertz CT molecular complexity index is 1280. The molecule has 0 radical (unpaired) electrons. The quantitative estimate of drug-likeness (QED) is 0.577. The van der Waals surface area contributed by atoms with E-state index in [9.17, 15) is 14.4 Å². The summed E-state index contributed by atoms with van der Waals surface area (Å²) < 4.78 is 0. The first-order valence-corrected chi connectivity index (χ1v) is 12.5. The monoisotopic (exact) mass is 472 g/mol. The molecule has 2 fully saturated rings. The zero-order valence-electron chi connectivity index (χ0n) is 18.6. The number of thiophene rings is 1. The highest BCUT2D eigenvalue weighted by Crippen LogP contribution is 2.32.